The normalized spacial score (nSPS) is 15.6. The lowest BCUT2D eigenvalue weighted by Crippen LogP contribution is -2.25. The Hall–Kier alpha value is -2.90. The average Bonchev–Trinajstić information content (AvgIpc) is 3.29. The standard InChI is InChI=1S/C23H28N2O5/c1-28-13-4-12-24-22(26)18-5-2-6-19(15-18)25-23(27)17-8-10-20(11-9-17)30-16-21-7-3-14-29-21/h2,5-6,8-11,15,21H,3-4,7,12-14,16H2,1H3,(H,24,26)(H,25,27). The number of carbonyl (C=O) groups excluding carboxylic acids is 2. The summed E-state index contributed by atoms with van der Waals surface area (Å²) in [5.74, 6) is 0.266. The topological polar surface area (TPSA) is 85.9 Å². The van der Waals surface area contributed by atoms with Gasteiger partial charge in [-0.25, -0.2) is 0 Å². The van der Waals surface area contributed by atoms with E-state index in [2.05, 4.69) is 10.6 Å². The first-order valence-corrected chi connectivity index (χ1v) is 10.2. The van der Waals surface area contributed by atoms with Crippen LogP contribution < -0.4 is 15.4 Å². The molecule has 7 nitrogen and oxygen atoms in total. The van der Waals surface area contributed by atoms with E-state index in [1.165, 1.54) is 0 Å². The summed E-state index contributed by atoms with van der Waals surface area (Å²) >= 11 is 0. The zero-order chi connectivity index (χ0) is 21.2. The molecule has 1 unspecified atom stereocenters. The summed E-state index contributed by atoms with van der Waals surface area (Å²) in [7, 11) is 1.62. The Balaban J connectivity index is 1.51. The molecule has 1 heterocycles. The number of hydrogen-bond acceptors (Lipinski definition) is 5. The summed E-state index contributed by atoms with van der Waals surface area (Å²) in [5.41, 5.74) is 1.56. The Bertz CT molecular complexity index is 832. The summed E-state index contributed by atoms with van der Waals surface area (Å²) < 4.78 is 16.2. The van der Waals surface area contributed by atoms with Crippen LogP contribution in [0.5, 0.6) is 5.75 Å². The molecule has 1 atom stereocenters. The molecule has 1 aliphatic heterocycles. The van der Waals surface area contributed by atoms with Crippen LogP contribution in [0.25, 0.3) is 0 Å². The van der Waals surface area contributed by atoms with Gasteiger partial charge in [0.2, 0.25) is 0 Å². The van der Waals surface area contributed by atoms with Crippen molar-refractivity contribution in [3.63, 3.8) is 0 Å². The van der Waals surface area contributed by atoms with Gasteiger partial charge in [0.25, 0.3) is 11.8 Å². The van der Waals surface area contributed by atoms with Crippen molar-refractivity contribution in [1.29, 1.82) is 0 Å². The zero-order valence-corrected chi connectivity index (χ0v) is 17.2. The second-order valence-electron chi connectivity index (χ2n) is 7.11. The van der Waals surface area contributed by atoms with Gasteiger partial charge in [-0.2, -0.15) is 0 Å². The summed E-state index contributed by atoms with van der Waals surface area (Å²) in [5, 5.41) is 5.66. The van der Waals surface area contributed by atoms with E-state index >= 15 is 0 Å². The lowest BCUT2D eigenvalue weighted by atomic mass is 10.1. The molecule has 30 heavy (non-hydrogen) atoms. The van der Waals surface area contributed by atoms with Crippen molar-refractivity contribution >= 4 is 17.5 Å². The lowest BCUT2D eigenvalue weighted by molar-refractivity contribution is 0.0679. The summed E-state index contributed by atoms with van der Waals surface area (Å²) in [6, 6.07) is 13.8. The molecule has 1 aliphatic rings. The number of anilines is 1. The highest BCUT2D eigenvalue weighted by Crippen LogP contribution is 2.18. The minimum atomic E-state index is -0.252. The fourth-order valence-electron chi connectivity index (χ4n) is 3.13. The van der Waals surface area contributed by atoms with E-state index in [1.54, 1.807) is 55.6 Å². The number of benzene rings is 2. The maximum Gasteiger partial charge on any atom is 0.255 e. The monoisotopic (exact) mass is 412 g/mol. The van der Waals surface area contributed by atoms with Crippen molar-refractivity contribution in [3.05, 3.63) is 59.7 Å². The number of ether oxygens (including phenoxy) is 3. The predicted molar refractivity (Wildman–Crippen MR) is 114 cm³/mol. The molecule has 2 aromatic carbocycles. The van der Waals surface area contributed by atoms with Crippen molar-refractivity contribution in [1.82, 2.24) is 5.32 Å². The highest BCUT2D eigenvalue weighted by Gasteiger charge is 2.16. The Morgan fingerprint density at radius 3 is 2.67 bits per heavy atom. The van der Waals surface area contributed by atoms with Gasteiger partial charge >= 0.3 is 0 Å². The first-order valence-electron chi connectivity index (χ1n) is 10.2. The zero-order valence-electron chi connectivity index (χ0n) is 17.2. The van der Waals surface area contributed by atoms with Gasteiger partial charge in [-0.3, -0.25) is 9.59 Å². The van der Waals surface area contributed by atoms with Crippen molar-refractivity contribution in [2.75, 3.05) is 38.8 Å². The summed E-state index contributed by atoms with van der Waals surface area (Å²) in [6.07, 6.45) is 2.98. The highest BCUT2D eigenvalue weighted by molar-refractivity contribution is 6.05. The predicted octanol–water partition coefficient (Wildman–Crippen LogP) is 3.26. The van der Waals surface area contributed by atoms with Crippen molar-refractivity contribution in [2.45, 2.75) is 25.4 Å². The number of carbonyl (C=O) groups is 2. The molecule has 0 radical (unpaired) electrons. The Morgan fingerprint density at radius 1 is 1.10 bits per heavy atom. The van der Waals surface area contributed by atoms with E-state index in [9.17, 15) is 9.59 Å². The molecule has 1 fully saturated rings. The van der Waals surface area contributed by atoms with Crippen molar-refractivity contribution in [2.24, 2.45) is 0 Å². The van der Waals surface area contributed by atoms with Gasteiger partial charge in [0, 0.05) is 43.7 Å². The molecule has 2 aromatic rings. The van der Waals surface area contributed by atoms with Gasteiger partial charge in [-0.15, -0.1) is 0 Å². The molecule has 160 valence electrons. The molecule has 1 saturated heterocycles. The maximum atomic E-state index is 12.5. The second-order valence-corrected chi connectivity index (χ2v) is 7.11. The van der Waals surface area contributed by atoms with Gasteiger partial charge in [0.15, 0.2) is 0 Å². The van der Waals surface area contributed by atoms with Crippen LogP contribution in [0.3, 0.4) is 0 Å². The van der Waals surface area contributed by atoms with Crippen LogP contribution in [-0.4, -0.2) is 51.4 Å². The molecule has 0 aliphatic carbocycles. The van der Waals surface area contributed by atoms with Crippen LogP contribution in [0, 0.1) is 0 Å². The van der Waals surface area contributed by atoms with E-state index in [1.807, 2.05) is 0 Å². The van der Waals surface area contributed by atoms with E-state index in [0.29, 0.717) is 42.3 Å². The second kappa shape index (κ2) is 11.3. The third kappa shape index (κ3) is 6.57. The van der Waals surface area contributed by atoms with Crippen LogP contribution in [0.15, 0.2) is 48.5 Å². The molecule has 0 spiro atoms. The SMILES string of the molecule is COCCCNC(=O)c1cccc(NC(=O)c2ccc(OCC3CCCO3)cc2)c1. The van der Waals surface area contributed by atoms with Crippen LogP contribution in [0.1, 0.15) is 40.0 Å². The molecule has 2 N–H and O–H groups in total. The number of rotatable bonds is 10. The average molecular weight is 412 g/mol. The summed E-state index contributed by atoms with van der Waals surface area (Å²) in [6.45, 7) is 2.44. The van der Waals surface area contributed by atoms with E-state index in [0.717, 1.165) is 25.9 Å². The molecule has 0 aromatic heterocycles. The van der Waals surface area contributed by atoms with Crippen molar-refractivity contribution < 1.29 is 23.8 Å². The van der Waals surface area contributed by atoms with Crippen molar-refractivity contribution in [3.8, 4) is 5.75 Å². The third-order valence-corrected chi connectivity index (χ3v) is 4.77. The Labute approximate surface area is 176 Å². The fraction of sp³-hybridized carbons (Fsp3) is 0.391. The van der Waals surface area contributed by atoms with Gasteiger partial charge in [-0.1, -0.05) is 6.07 Å². The number of amides is 2. The number of nitrogens with one attached hydrogen (secondary N) is 2. The van der Waals surface area contributed by atoms with Gasteiger partial charge < -0.3 is 24.8 Å². The van der Waals surface area contributed by atoms with Gasteiger partial charge in [-0.05, 0) is 61.7 Å². The first-order chi connectivity index (χ1) is 14.7. The quantitative estimate of drug-likeness (QED) is 0.585. The minimum absolute atomic E-state index is 0.150. The third-order valence-electron chi connectivity index (χ3n) is 4.77. The van der Waals surface area contributed by atoms with Gasteiger partial charge in [0.1, 0.15) is 12.4 Å². The molecule has 2 amide bonds. The molecular weight excluding hydrogens is 384 g/mol. The number of hydrogen-bond donors (Lipinski definition) is 2. The largest absolute Gasteiger partial charge is 0.491 e. The fourth-order valence-corrected chi connectivity index (χ4v) is 3.13. The lowest BCUT2D eigenvalue weighted by Gasteiger charge is -2.12. The maximum absolute atomic E-state index is 12.5. The molecule has 7 heteroatoms. The molecule has 0 bridgehead atoms. The van der Waals surface area contributed by atoms with Crippen LogP contribution in [0.4, 0.5) is 5.69 Å². The summed E-state index contributed by atoms with van der Waals surface area (Å²) in [4.78, 5) is 24.8. The van der Waals surface area contributed by atoms with Crippen LogP contribution >= 0.6 is 0 Å². The highest BCUT2D eigenvalue weighted by atomic mass is 16.5. The van der Waals surface area contributed by atoms with E-state index in [-0.39, 0.29) is 17.9 Å². The molecule has 3 rings (SSSR count). The first kappa shape index (κ1) is 21.8. The molecule has 0 saturated carbocycles. The van der Waals surface area contributed by atoms with Crippen LogP contribution in [0.2, 0.25) is 0 Å². The Kier molecular flexibility index (Phi) is 8.23. The van der Waals surface area contributed by atoms with Crippen LogP contribution in [-0.2, 0) is 9.47 Å². The molecular formula is C23H28N2O5. The number of methoxy groups -OCH3 is 1. The van der Waals surface area contributed by atoms with E-state index in [4.69, 9.17) is 14.2 Å². The smallest absolute Gasteiger partial charge is 0.255 e. The van der Waals surface area contributed by atoms with E-state index < -0.39 is 0 Å². The Morgan fingerprint density at radius 2 is 1.93 bits per heavy atom. The minimum Gasteiger partial charge on any atom is -0.491 e. The van der Waals surface area contributed by atoms with Gasteiger partial charge in [0.05, 0.1) is 6.10 Å².